The summed E-state index contributed by atoms with van der Waals surface area (Å²) in [6.07, 6.45) is 5.66. The molecule has 5 heteroatoms. The summed E-state index contributed by atoms with van der Waals surface area (Å²) in [6.45, 7) is 9.74. The molecule has 1 aliphatic heterocycles. The molecule has 168 valence electrons. The fourth-order valence-corrected chi connectivity index (χ4v) is 4.58. The zero-order valence-electron chi connectivity index (χ0n) is 19.5. The Morgan fingerprint density at radius 2 is 1.84 bits per heavy atom. The van der Waals surface area contributed by atoms with E-state index in [1.807, 2.05) is 0 Å². The number of hydrogen-bond acceptors (Lipinski definition) is 3. The smallest absolute Gasteiger partial charge is 0.216 e. The van der Waals surface area contributed by atoms with E-state index in [9.17, 15) is 4.79 Å². The molecule has 0 atom stereocenters. The predicted molar refractivity (Wildman–Crippen MR) is 130 cm³/mol. The molecular weight excluding hydrogens is 396 g/mol. The minimum absolute atomic E-state index is 0.0664. The highest BCUT2D eigenvalue weighted by atomic mass is 16.1. The Labute approximate surface area is 191 Å². The number of likely N-dealkylation sites (tertiary alicyclic amines) is 1. The SMILES string of the molecule is CC(=O)NCCC1CCN(Cc2cn(-c3cc(C)ccc3C)nc2-c2ccccc2)CC1. The lowest BCUT2D eigenvalue weighted by Crippen LogP contribution is -2.34. The van der Waals surface area contributed by atoms with Crippen molar-refractivity contribution in [3.8, 4) is 16.9 Å². The molecule has 2 aromatic carbocycles. The lowest BCUT2D eigenvalue weighted by Gasteiger charge is -2.31. The van der Waals surface area contributed by atoms with Crippen LogP contribution in [-0.2, 0) is 11.3 Å². The van der Waals surface area contributed by atoms with Crippen molar-refractivity contribution in [3.63, 3.8) is 0 Å². The highest BCUT2D eigenvalue weighted by molar-refractivity contribution is 5.72. The third-order valence-electron chi connectivity index (χ3n) is 6.48. The van der Waals surface area contributed by atoms with Gasteiger partial charge in [-0.15, -0.1) is 0 Å². The zero-order valence-corrected chi connectivity index (χ0v) is 19.5. The first-order chi connectivity index (χ1) is 15.5. The molecule has 1 saturated heterocycles. The molecule has 2 heterocycles. The van der Waals surface area contributed by atoms with Gasteiger partial charge in [0.1, 0.15) is 0 Å². The van der Waals surface area contributed by atoms with Crippen LogP contribution in [0.25, 0.3) is 16.9 Å². The van der Waals surface area contributed by atoms with Gasteiger partial charge in [0.25, 0.3) is 0 Å². The van der Waals surface area contributed by atoms with E-state index in [-0.39, 0.29) is 5.91 Å². The topological polar surface area (TPSA) is 50.2 Å². The third kappa shape index (κ3) is 5.46. The first-order valence-corrected chi connectivity index (χ1v) is 11.7. The number of nitrogens with one attached hydrogen (secondary N) is 1. The number of amides is 1. The number of piperidine rings is 1. The van der Waals surface area contributed by atoms with E-state index >= 15 is 0 Å². The van der Waals surface area contributed by atoms with E-state index in [0.717, 1.165) is 49.5 Å². The summed E-state index contributed by atoms with van der Waals surface area (Å²) in [5.41, 5.74) is 7.12. The number of carbonyl (C=O) groups is 1. The Morgan fingerprint density at radius 3 is 2.56 bits per heavy atom. The predicted octanol–water partition coefficient (Wildman–Crippen LogP) is 4.89. The molecule has 0 saturated carbocycles. The average molecular weight is 431 g/mol. The van der Waals surface area contributed by atoms with Crippen molar-refractivity contribution in [1.29, 1.82) is 0 Å². The van der Waals surface area contributed by atoms with Crippen LogP contribution in [0.2, 0.25) is 0 Å². The highest BCUT2D eigenvalue weighted by Crippen LogP contribution is 2.28. The molecule has 0 spiro atoms. The average Bonchev–Trinajstić information content (AvgIpc) is 3.20. The number of hydrogen-bond donors (Lipinski definition) is 1. The number of aromatic nitrogens is 2. The van der Waals surface area contributed by atoms with E-state index in [0.29, 0.717) is 5.92 Å². The van der Waals surface area contributed by atoms with Crippen LogP contribution in [0.4, 0.5) is 0 Å². The minimum Gasteiger partial charge on any atom is -0.356 e. The van der Waals surface area contributed by atoms with Crippen molar-refractivity contribution in [1.82, 2.24) is 20.0 Å². The van der Waals surface area contributed by atoms with E-state index in [2.05, 4.69) is 83.5 Å². The number of nitrogens with zero attached hydrogens (tertiary/aromatic N) is 3. The van der Waals surface area contributed by atoms with Gasteiger partial charge in [-0.05, 0) is 69.3 Å². The van der Waals surface area contributed by atoms with Crippen molar-refractivity contribution in [3.05, 3.63) is 71.4 Å². The van der Waals surface area contributed by atoms with Gasteiger partial charge < -0.3 is 5.32 Å². The van der Waals surface area contributed by atoms with Gasteiger partial charge in [0.2, 0.25) is 5.91 Å². The van der Waals surface area contributed by atoms with Crippen molar-refractivity contribution in [2.24, 2.45) is 5.92 Å². The molecular formula is C27H34N4O. The molecule has 0 unspecified atom stereocenters. The Morgan fingerprint density at radius 1 is 1.09 bits per heavy atom. The van der Waals surface area contributed by atoms with Gasteiger partial charge >= 0.3 is 0 Å². The van der Waals surface area contributed by atoms with Crippen molar-refractivity contribution < 1.29 is 4.79 Å². The second-order valence-corrected chi connectivity index (χ2v) is 9.09. The van der Waals surface area contributed by atoms with Crippen LogP contribution >= 0.6 is 0 Å². The minimum atomic E-state index is 0.0664. The van der Waals surface area contributed by atoms with Gasteiger partial charge in [-0.1, -0.05) is 42.5 Å². The molecule has 5 nitrogen and oxygen atoms in total. The molecule has 3 aromatic rings. The molecule has 1 aliphatic rings. The van der Waals surface area contributed by atoms with Crippen molar-refractivity contribution >= 4 is 5.91 Å². The third-order valence-corrected chi connectivity index (χ3v) is 6.48. The number of carbonyl (C=O) groups excluding carboxylic acids is 1. The number of benzene rings is 2. The van der Waals surface area contributed by atoms with Gasteiger partial charge in [-0.25, -0.2) is 4.68 Å². The summed E-state index contributed by atoms with van der Waals surface area (Å²) in [4.78, 5) is 13.7. The van der Waals surface area contributed by atoms with E-state index in [4.69, 9.17) is 5.10 Å². The maximum absolute atomic E-state index is 11.1. The van der Waals surface area contributed by atoms with Crippen LogP contribution in [0.3, 0.4) is 0 Å². The first-order valence-electron chi connectivity index (χ1n) is 11.7. The lowest BCUT2D eigenvalue weighted by atomic mass is 9.93. The highest BCUT2D eigenvalue weighted by Gasteiger charge is 2.22. The molecule has 0 aliphatic carbocycles. The van der Waals surface area contributed by atoms with Gasteiger partial charge in [-0.3, -0.25) is 9.69 Å². The maximum atomic E-state index is 11.1. The van der Waals surface area contributed by atoms with Gasteiger partial charge in [0.05, 0.1) is 11.4 Å². The van der Waals surface area contributed by atoms with Crippen LogP contribution < -0.4 is 5.32 Å². The van der Waals surface area contributed by atoms with E-state index in [1.54, 1.807) is 6.92 Å². The molecule has 1 amide bonds. The quantitative estimate of drug-likeness (QED) is 0.580. The fourth-order valence-electron chi connectivity index (χ4n) is 4.58. The summed E-state index contributed by atoms with van der Waals surface area (Å²) in [6, 6.07) is 17.0. The lowest BCUT2D eigenvalue weighted by molar-refractivity contribution is -0.119. The fraction of sp³-hybridized carbons (Fsp3) is 0.407. The molecule has 0 radical (unpaired) electrons. The summed E-state index contributed by atoms with van der Waals surface area (Å²) in [7, 11) is 0. The van der Waals surface area contributed by atoms with Crippen LogP contribution in [0.15, 0.2) is 54.7 Å². The van der Waals surface area contributed by atoms with E-state index < -0.39 is 0 Å². The molecule has 1 N–H and O–H groups in total. The number of aryl methyl sites for hydroxylation is 2. The van der Waals surface area contributed by atoms with E-state index in [1.165, 1.54) is 29.5 Å². The maximum Gasteiger partial charge on any atom is 0.216 e. The molecule has 1 aromatic heterocycles. The Kier molecular flexibility index (Phi) is 7.05. The normalized spacial score (nSPS) is 15.1. The van der Waals surface area contributed by atoms with Crippen molar-refractivity contribution in [2.45, 2.75) is 46.6 Å². The summed E-state index contributed by atoms with van der Waals surface area (Å²) in [5, 5.41) is 7.97. The zero-order chi connectivity index (χ0) is 22.5. The first kappa shape index (κ1) is 22.3. The second kappa shape index (κ2) is 10.1. The van der Waals surface area contributed by atoms with Crippen molar-refractivity contribution in [2.75, 3.05) is 19.6 Å². The largest absolute Gasteiger partial charge is 0.356 e. The standard InChI is InChI=1S/C27H34N4O/c1-20-9-10-21(2)26(17-20)31-19-25(27(29-31)24-7-5-4-6-8-24)18-30-15-12-23(13-16-30)11-14-28-22(3)32/h4-10,17,19,23H,11-16,18H2,1-3H3,(H,28,32). The summed E-state index contributed by atoms with van der Waals surface area (Å²) >= 11 is 0. The Hall–Kier alpha value is -2.92. The van der Waals surface area contributed by atoms with Gasteiger partial charge in [-0.2, -0.15) is 5.10 Å². The van der Waals surface area contributed by atoms with Gasteiger partial charge in [0.15, 0.2) is 0 Å². The molecule has 1 fully saturated rings. The molecule has 4 rings (SSSR count). The van der Waals surface area contributed by atoms with Crippen LogP contribution in [0.1, 0.15) is 42.9 Å². The Balaban J connectivity index is 1.51. The summed E-state index contributed by atoms with van der Waals surface area (Å²) < 4.78 is 2.06. The number of rotatable bonds is 7. The molecule has 0 bridgehead atoms. The van der Waals surface area contributed by atoms with Gasteiger partial charge in [0, 0.05) is 37.3 Å². The second-order valence-electron chi connectivity index (χ2n) is 9.09. The Bertz CT molecular complexity index is 1050. The summed E-state index contributed by atoms with van der Waals surface area (Å²) in [5.74, 6) is 0.765. The van der Waals surface area contributed by atoms with Crippen LogP contribution in [0.5, 0.6) is 0 Å². The monoisotopic (exact) mass is 430 g/mol. The van der Waals surface area contributed by atoms with Crippen LogP contribution in [-0.4, -0.2) is 40.2 Å². The molecule has 32 heavy (non-hydrogen) atoms. The van der Waals surface area contributed by atoms with Crippen LogP contribution in [0, 0.1) is 19.8 Å².